The highest BCUT2D eigenvalue weighted by atomic mass is 16.2. The van der Waals surface area contributed by atoms with E-state index < -0.39 is 5.54 Å². The van der Waals surface area contributed by atoms with Gasteiger partial charge in [0.1, 0.15) is 11.2 Å². The highest BCUT2D eigenvalue weighted by Gasteiger charge is 2.46. The van der Waals surface area contributed by atoms with Crippen LogP contribution in [-0.4, -0.2) is 81.5 Å². The lowest BCUT2D eigenvalue weighted by Crippen LogP contribution is -2.63. The second-order valence-corrected chi connectivity index (χ2v) is 9.61. The monoisotopic (exact) mass is 458 g/mol. The average molecular weight is 459 g/mol. The van der Waals surface area contributed by atoms with Crippen molar-refractivity contribution in [1.29, 1.82) is 0 Å². The number of fused-ring (bicyclic) bond motifs is 1. The van der Waals surface area contributed by atoms with E-state index in [1.807, 2.05) is 4.90 Å². The van der Waals surface area contributed by atoms with E-state index in [4.69, 9.17) is 0 Å². The van der Waals surface area contributed by atoms with Crippen molar-refractivity contribution in [3.05, 3.63) is 17.5 Å². The van der Waals surface area contributed by atoms with Crippen LogP contribution in [0, 0.1) is 0 Å². The summed E-state index contributed by atoms with van der Waals surface area (Å²) >= 11 is 0. The zero-order chi connectivity index (χ0) is 23.6. The van der Waals surface area contributed by atoms with Gasteiger partial charge in [-0.1, -0.05) is 19.3 Å². The van der Waals surface area contributed by atoms with Crippen molar-refractivity contribution in [3.8, 4) is 0 Å². The van der Waals surface area contributed by atoms with Crippen molar-refractivity contribution in [2.45, 2.75) is 76.4 Å². The van der Waals surface area contributed by atoms with E-state index in [-0.39, 0.29) is 41.9 Å². The molecule has 1 aliphatic carbocycles. The third-order valence-electron chi connectivity index (χ3n) is 7.23. The van der Waals surface area contributed by atoms with E-state index in [0.29, 0.717) is 31.6 Å². The van der Waals surface area contributed by atoms with E-state index in [0.717, 1.165) is 38.6 Å². The molecule has 0 aromatic carbocycles. The number of likely N-dealkylation sites (tertiary alicyclic amines) is 1. The predicted molar refractivity (Wildman–Crippen MR) is 121 cm³/mol. The second kappa shape index (κ2) is 9.52. The molecule has 10 nitrogen and oxygen atoms in total. The molecule has 2 N–H and O–H groups in total. The van der Waals surface area contributed by atoms with Crippen LogP contribution in [0.4, 0.5) is 0 Å². The Hall–Kier alpha value is -2.91. The summed E-state index contributed by atoms with van der Waals surface area (Å²) in [6, 6.07) is 1.62. The summed E-state index contributed by atoms with van der Waals surface area (Å²) in [7, 11) is 1.62. The van der Waals surface area contributed by atoms with Crippen molar-refractivity contribution < 1.29 is 19.2 Å². The first-order chi connectivity index (χ1) is 15.8. The minimum atomic E-state index is -1.08. The molecule has 3 heterocycles. The summed E-state index contributed by atoms with van der Waals surface area (Å²) in [6.07, 6.45) is 7.48. The predicted octanol–water partition coefficient (Wildman–Crippen LogP) is 0.919. The van der Waals surface area contributed by atoms with Gasteiger partial charge < -0.3 is 20.4 Å². The number of carbonyl (C=O) groups excluding carboxylic acids is 4. The Kier molecular flexibility index (Phi) is 6.71. The van der Waals surface area contributed by atoms with Gasteiger partial charge in [-0.15, -0.1) is 0 Å². The summed E-state index contributed by atoms with van der Waals surface area (Å²) in [5.74, 6) is -0.717. The fraction of sp³-hybridized carbons (Fsp3) is 0.696. The maximum absolute atomic E-state index is 13.1. The molecule has 10 heteroatoms. The Bertz CT molecular complexity index is 937. The number of carbonyl (C=O) groups is 4. The van der Waals surface area contributed by atoms with E-state index >= 15 is 0 Å². The van der Waals surface area contributed by atoms with Gasteiger partial charge in [-0.25, -0.2) is 0 Å². The van der Waals surface area contributed by atoms with Crippen LogP contribution in [0.15, 0.2) is 6.07 Å². The van der Waals surface area contributed by atoms with Gasteiger partial charge in [0, 0.05) is 45.2 Å². The zero-order valence-corrected chi connectivity index (χ0v) is 19.6. The molecule has 3 aliphatic rings. The van der Waals surface area contributed by atoms with Gasteiger partial charge in [0.25, 0.3) is 11.8 Å². The molecule has 2 fully saturated rings. The quantitative estimate of drug-likeness (QED) is 0.590. The molecule has 4 amide bonds. The summed E-state index contributed by atoms with van der Waals surface area (Å²) in [5, 5.41) is 10.3. The number of likely N-dealkylation sites (N-methyl/N-ethyl adjacent to an activating group) is 1. The van der Waals surface area contributed by atoms with Crippen molar-refractivity contribution in [1.82, 2.24) is 30.2 Å². The molecule has 1 saturated heterocycles. The lowest BCUT2D eigenvalue weighted by Gasteiger charge is -2.41. The van der Waals surface area contributed by atoms with Gasteiger partial charge in [-0.3, -0.25) is 23.9 Å². The molecule has 180 valence electrons. The molecule has 1 unspecified atom stereocenters. The van der Waals surface area contributed by atoms with Gasteiger partial charge in [-0.2, -0.15) is 5.10 Å². The average Bonchev–Trinajstić information content (AvgIpc) is 3.41. The van der Waals surface area contributed by atoms with Crippen LogP contribution < -0.4 is 10.6 Å². The first-order valence-corrected chi connectivity index (χ1v) is 12.0. The van der Waals surface area contributed by atoms with Crippen molar-refractivity contribution >= 4 is 23.6 Å². The SMILES string of the molecule is CN1C(=O)c2cc(C(=O)NCCCN3CCCC3=O)nn2CC1(C)C(=O)NC1CCCCC1. The minimum Gasteiger partial charge on any atom is -0.351 e. The lowest BCUT2D eigenvalue weighted by molar-refractivity contribution is -0.133. The zero-order valence-electron chi connectivity index (χ0n) is 19.6. The molecule has 0 spiro atoms. The fourth-order valence-corrected chi connectivity index (χ4v) is 4.93. The van der Waals surface area contributed by atoms with Crippen molar-refractivity contribution in [2.24, 2.45) is 0 Å². The fourth-order valence-electron chi connectivity index (χ4n) is 4.93. The van der Waals surface area contributed by atoms with Gasteiger partial charge in [0.05, 0.1) is 6.54 Å². The first kappa shape index (κ1) is 23.3. The minimum absolute atomic E-state index is 0.141. The summed E-state index contributed by atoms with van der Waals surface area (Å²) in [5.41, 5.74) is -0.627. The third-order valence-corrected chi connectivity index (χ3v) is 7.23. The molecule has 1 atom stereocenters. The molecular formula is C23H34N6O4. The number of hydrogen-bond acceptors (Lipinski definition) is 5. The van der Waals surface area contributed by atoms with E-state index in [1.54, 1.807) is 14.0 Å². The van der Waals surface area contributed by atoms with Crippen LogP contribution in [0.5, 0.6) is 0 Å². The number of nitrogens with zero attached hydrogens (tertiary/aromatic N) is 4. The first-order valence-electron chi connectivity index (χ1n) is 12.0. The van der Waals surface area contributed by atoms with E-state index in [1.165, 1.54) is 22.1 Å². The second-order valence-electron chi connectivity index (χ2n) is 9.61. The van der Waals surface area contributed by atoms with Crippen LogP contribution in [-0.2, 0) is 16.1 Å². The largest absolute Gasteiger partial charge is 0.351 e. The number of nitrogens with one attached hydrogen (secondary N) is 2. The lowest BCUT2D eigenvalue weighted by atomic mass is 9.92. The highest BCUT2D eigenvalue weighted by molar-refractivity contribution is 6.01. The molecular weight excluding hydrogens is 424 g/mol. The van der Waals surface area contributed by atoms with Gasteiger partial charge in [0.2, 0.25) is 11.8 Å². The highest BCUT2D eigenvalue weighted by Crippen LogP contribution is 2.27. The summed E-state index contributed by atoms with van der Waals surface area (Å²) < 4.78 is 1.47. The maximum Gasteiger partial charge on any atom is 0.272 e. The van der Waals surface area contributed by atoms with Gasteiger partial charge >= 0.3 is 0 Å². The van der Waals surface area contributed by atoms with Crippen molar-refractivity contribution in [2.75, 3.05) is 26.7 Å². The van der Waals surface area contributed by atoms with Crippen LogP contribution >= 0.6 is 0 Å². The summed E-state index contributed by atoms with van der Waals surface area (Å²) in [4.78, 5) is 53.7. The summed E-state index contributed by atoms with van der Waals surface area (Å²) in [6.45, 7) is 3.75. The topological polar surface area (TPSA) is 117 Å². The molecule has 0 bridgehead atoms. The molecule has 4 rings (SSSR count). The smallest absolute Gasteiger partial charge is 0.272 e. The van der Waals surface area contributed by atoms with Crippen LogP contribution in [0.1, 0.15) is 79.3 Å². The van der Waals surface area contributed by atoms with Crippen molar-refractivity contribution in [3.63, 3.8) is 0 Å². The van der Waals surface area contributed by atoms with Crippen LogP contribution in [0.2, 0.25) is 0 Å². The molecule has 33 heavy (non-hydrogen) atoms. The number of rotatable bonds is 7. The third kappa shape index (κ3) is 4.74. The number of hydrogen-bond donors (Lipinski definition) is 2. The maximum atomic E-state index is 13.1. The Balaban J connectivity index is 1.37. The van der Waals surface area contributed by atoms with E-state index in [9.17, 15) is 19.2 Å². The Morgan fingerprint density at radius 1 is 1.18 bits per heavy atom. The van der Waals surface area contributed by atoms with Crippen LogP contribution in [0.25, 0.3) is 0 Å². The Morgan fingerprint density at radius 3 is 2.64 bits per heavy atom. The Labute approximate surface area is 194 Å². The normalized spacial score (nSPS) is 23.6. The van der Waals surface area contributed by atoms with Gasteiger partial charge in [0.15, 0.2) is 5.69 Å². The number of amides is 4. The van der Waals surface area contributed by atoms with Gasteiger partial charge in [-0.05, 0) is 32.6 Å². The standard InChI is InChI=1S/C23H34N6O4/c1-23(22(33)25-16-8-4-3-5-9-16)15-29-18(21(32)27(23)2)14-17(26-29)20(31)24-11-7-13-28-12-6-10-19(28)30/h14,16H,3-13,15H2,1-2H3,(H,24,31)(H,25,33). The molecule has 2 aliphatic heterocycles. The molecule has 1 saturated carbocycles. The molecule has 1 aromatic rings. The molecule has 1 aromatic heterocycles. The van der Waals surface area contributed by atoms with Crippen LogP contribution in [0.3, 0.4) is 0 Å². The molecule has 0 radical (unpaired) electrons. The Morgan fingerprint density at radius 2 is 1.94 bits per heavy atom. The van der Waals surface area contributed by atoms with E-state index in [2.05, 4.69) is 15.7 Å². The number of aromatic nitrogens is 2.